The van der Waals surface area contributed by atoms with Gasteiger partial charge in [0.15, 0.2) is 5.76 Å². The van der Waals surface area contributed by atoms with Gasteiger partial charge in [0.25, 0.3) is 5.91 Å². The molecule has 1 amide bonds. The minimum absolute atomic E-state index is 0.129. The van der Waals surface area contributed by atoms with E-state index in [1.807, 2.05) is 18.2 Å². The second kappa shape index (κ2) is 8.15. The van der Waals surface area contributed by atoms with Crippen molar-refractivity contribution >= 4 is 5.91 Å². The van der Waals surface area contributed by atoms with E-state index >= 15 is 0 Å². The normalized spacial score (nSPS) is 17.6. The van der Waals surface area contributed by atoms with Crippen LogP contribution in [0.4, 0.5) is 0 Å². The van der Waals surface area contributed by atoms with Crippen LogP contribution in [0.2, 0.25) is 0 Å². The second-order valence-electron chi connectivity index (χ2n) is 6.47. The number of carbonyl (C=O) groups excluding carboxylic acids is 1. The van der Waals surface area contributed by atoms with Crippen LogP contribution in [0, 0.1) is 5.92 Å². The molecular weight excluding hydrogens is 300 g/mol. The van der Waals surface area contributed by atoms with E-state index in [2.05, 4.69) is 29.7 Å². The van der Waals surface area contributed by atoms with Crippen molar-refractivity contribution in [2.75, 3.05) is 19.6 Å². The van der Waals surface area contributed by atoms with Crippen LogP contribution in [0.15, 0.2) is 40.8 Å². The standard InChI is InChI=1S/C20H26N2O2/c1-2-15-5-7-17(8-6-15)18-9-10-19(24-18)20(23)22-13-11-16-4-3-12-21-14-16/h5-10,16,21H,2-4,11-14H2,1H3,(H,22,23). The predicted molar refractivity (Wildman–Crippen MR) is 96.1 cm³/mol. The van der Waals surface area contributed by atoms with E-state index in [0.717, 1.165) is 37.3 Å². The molecule has 1 fully saturated rings. The third kappa shape index (κ3) is 4.26. The number of carbonyl (C=O) groups is 1. The van der Waals surface area contributed by atoms with Crippen molar-refractivity contribution in [2.45, 2.75) is 32.6 Å². The fourth-order valence-electron chi connectivity index (χ4n) is 3.17. The van der Waals surface area contributed by atoms with E-state index < -0.39 is 0 Å². The topological polar surface area (TPSA) is 54.3 Å². The Morgan fingerprint density at radius 1 is 1.25 bits per heavy atom. The number of hydrogen-bond donors (Lipinski definition) is 2. The van der Waals surface area contributed by atoms with E-state index in [1.54, 1.807) is 6.07 Å². The average Bonchev–Trinajstić information content (AvgIpc) is 3.13. The number of piperidine rings is 1. The van der Waals surface area contributed by atoms with Gasteiger partial charge in [-0.3, -0.25) is 4.79 Å². The van der Waals surface area contributed by atoms with Crippen LogP contribution >= 0.6 is 0 Å². The van der Waals surface area contributed by atoms with Crippen LogP contribution in [0.5, 0.6) is 0 Å². The fraction of sp³-hybridized carbons (Fsp3) is 0.450. The molecule has 0 spiro atoms. The molecule has 0 aliphatic carbocycles. The molecule has 1 atom stereocenters. The second-order valence-corrected chi connectivity index (χ2v) is 6.47. The smallest absolute Gasteiger partial charge is 0.287 e. The van der Waals surface area contributed by atoms with E-state index in [1.165, 1.54) is 18.4 Å². The van der Waals surface area contributed by atoms with Crippen molar-refractivity contribution < 1.29 is 9.21 Å². The molecule has 2 N–H and O–H groups in total. The van der Waals surface area contributed by atoms with Crippen LogP contribution in [0.1, 0.15) is 42.3 Å². The highest BCUT2D eigenvalue weighted by atomic mass is 16.3. The first-order valence-electron chi connectivity index (χ1n) is 8.94. The Morgan fingerprint density at radius 3 is 2.79 bits per heavy atom. The number of nitrogens with one attached hydrogen (secondary N) is 2. The molecule has 0 bridgehead atoms. The number of benzene rings is 1. The summed E-state index contributed by atoms with van der Waals surface area (Å²) < 4.78 is 5.72. The molecule has 1 aliphatic heterocycles. The molecule has 2 aromatic rings. The molecular formula is C20H26N2O2. The molecule has 0 saturated carbocycles. The highest BCUT2D eigenvalue weighted by Gasteiger charge is 2.15. The number of rotatable bonds is 6. The fourth-order valence-corrected chi connectivity index (χ4v) is 3.17. The monoisotopic (exact) mass is 326 g/mol. The van der Waals surface area contributed by atoms with Crippen molar-refractivity contribution in [1.29, 1.82) is 0 Å². The van der Waals surface area contributed by atoms with Crippen molar-refractivity contribution in [3.05, 3.63) is 47.7 Å². The Hall–Kier alpha value is -2.07. The molecule has 4 heteroatoms. The van der Waals surface area contributed by atoms with Gasteiger partial charge in [-0.05, 0) is 62.4 Å². The lowest BCUT2D eigenvalue weighted by molar-refractivity contribution is 0.0924. The van der Waals surface area contributed by atoms with E-state index in [4.69, 9.17) is 4.42 Å². The van der Waals surface area contributed by atoms with Crippen molar-refractivity contribution in [1.82, 2.24) is 10.6 Å². The molecule has 1 aromatic heterocycles. The predicted octanol–water partition coefficient (Wildman–Crippen LogP) is 3.63. The number of amides is 1. The lowest BCUT2D eigenvalue weighted by atomic mass is 9.96. The van der Waals surface area contributed by atoms with E-state index in [-0.39, 0.29) is 5.91 Å². The Balaban J connectivity index is 1.53. The lowest BCUT2D eigenvalue weighted by Gasteiger charge is -2.22. The number of hydrogen-bond acceptors (Lipinski definition) is 3. The first-order chi connectivity index (χ1) is 11.8. The van der Waals surface area contributed by atoms with E-state index in [0.29, 0.717) is 18.2 Å². The van der Waals surface area contributed by atoms with Gasteiger partial charge < -0.3 is 15.1 Å². The molecule has 1 saturated heterocycles. The van der Waals surface area contributed by atoms with Crippen molar-refractivity contribution in [3.8, 4) is 11.3 Å². The SMILES string of the molecule is CCc1ccc(-c2ccc(C(=O)NCCC3CCCNC3)o2)cc1. The van der Waals surface area contributed by atoms with Gasteiger partial charge in [0.2, 0.25) is 0 Å². The molecule has 24 heavy (non-hydrogen) atoms. The summed E-state index contributed by atoms with van der Waals surface area (Å²) in [6.07, 6.45) is 4.52. The summed E-state index contributed by atoms with van der Waals surface area (Å²) in [7, 11) is 0. The highest BCUT2D eigenvalue weighted by Crippen LogP contribution is 2.23. The Bertz CT molecular complexity index is 655. The molecule has 1 unspecified atom stereocenters. The Morgan fingerprint density at radius 2 is 2.08 bits per heavy atom. The Labute approximate surface area is 143 Å². The van der Waals surface area contributed by atoms with Crippen LogP contribution in [-0.4, -0.2) is 25.5 Å². The highest BCUT2D eigenvalue weighted by molar-refractivity contribution is 5.92. The summed E-state index contributed by atoms with van der Waals surface area (Å²) in [5.74, 6) is 1.66. The molecule has 3 rings (SSSR count). The van der Waals surface area contributed by atoms with Gasteiger partial charge in [0, 0.05) is 12.1 Å². The van der Waals surface area contributed by atoms with Crippen LogP contribution in [0.3, 0.4) is 0 Å². The quantitative estimate of drug-likeness (QED) is 0.852. The third-order valence-corrected chi connectivity index (χ3v) is 4.71. The van der Waals surface area contributed by atoms with Gasteiger partial charge in [0.05, 0.1) is 0 Å². The summed E-state index contributed by atoms with van der Waals surface area (Å²) in [5.41, 5.74) is 2.29. The average molecular weight is 326 g/mol. The summed E-state index contributed by atoms with van der Waals surface area (Å²) in [4.78, 5) is 12.2. The van der Waals surface area contributed by atoms with Crippen molar-refractivity contribution in [2.24, 2.45) is 5.92 Å². The maximum Gasteiger partial charge on any atom is 0.287 e. The largest absolute Gasteiger partial charge is 0.451 e. The van der Waals surface area contributed by atoms with Crippen LogP contribution in [-0.2, 0) is 6.42 Å². The molecule has 1 aliphatic rings. The van der Waals surface area contributed by atoms with Crippen LogP contribution in [0.25, 0.3) is 11.3 Å². The zero-order valence-electron chi connectivity index (χ0n) is 14.3. The van der Waals surface area contributed by atoms with Gasteiger partial charge >= 0.3 is 0 Å². The molecule has 2 heterocycles. The van der Waals surface area contributed by atoms with Gasteiger partial charge in [-0.15, -0.1) is 0 Å². The maximum atomic E-state index is 12.2. The first kappa shape index (κ1) is 16.8. The van der Waals surface area contributed by atoms with Gasteiger partial charge in [-0.1, -0.05) is 31.2 Å². The maximum absolute atomic E-state index is 12.2. The minimum atomic E-state index is -0.129. The molecule has 4 nitrogen and oxygen atoms in total. The summed E-state index contributed by atoms with van der Waals surface area (Å²) in [6, 6.07) is 11.9. The summed E-state index contributed by atoms with van der Waals surface area (Å²) >= 11 is 0. The first-order valence-corrected chi connectivity index (χ1v) is 8.94. The number of aryl methyl sites for hydroxylation is 1. The summed E-state index contributed by atoms with van der Waals surface area (Å²) in [5, 5.41) is 6.37. The molecule has 0 radical (unpaired) electrons. The number of furan rings is 1. The summed E-state index contributed by atoms with van der Waals surface area (Å²) in [6.45, 7) is 5.02. The van der Waals surface area contributed by atoms with E-state index in [9.17, 15) is 4.79 Å². The lowest BCUT2D eigenvalue weighted by Crippen LogP contribution is -2.33. The van der Waals surface area contributed by atoms with Crippen molar-refractivity contribution in [3.63, 3.8) is 0 Å². The molecule has 1 aromatic carbocycles. The zero-order chi connectivity index (χ0) is 16.8. The third-order valence-electron chi connectivity index (χ3n) is 4.71. The minimum Gasteiger partial charge on any atom is -0.451 e. The van der Waals surface area contributed by atoms with Gasteiger partial charge in [0.1, 0.15) is 5.76 Å². The zero-order valence-corrected chi connectivity index (χ0v) is 14.3. The van der Waals surface area contributed by atoms with Gasteiger partial charge in [-0.25, -0.2) is 0 Å². The van der Waals surface area contributed by atoms with Gasteiger partial charge in [-0.2, -0.15) is 0 Å². The Kier molecular flexibility index (Phi) is 5.70. The molecule has 128 valence electrons. The van der Waals surface area contributed by atoms with Crippen LogP contribution < -0.4 is 10.6 Å².